The molecule has 0 amide bonds. The topological polar surface area (TPSA) is 105 Å². The quantitative estimate of drug-likeness (QED) is 0.292. The number of ether oxygens (including phenoxy) is 1. The first-order chi connectivity index (χ1) is 9.90. The minimum absolute atomic E-state index is 0.0217. The van der Waals surface area contributed by atoms with Crippen molar-refractivity contribution in [3.63, 3.8) is 0 Å². The van der Waals surface area contributed by atoms with E-state index in [-0.39, 0.29) is 33.6 Å². The van der Waals surface area contributed by atoms with Crippen molar-refractivity contribution in [3.05, 3.63) is 44.1 Å². The highest BCUT2D eigenvalue weighted by molar-refractivity contribution is 6.37. The second-order valence-corrected chi connectivity index (χ2v) is 4.42. The normalized spacial score (nSPS) is 10.7. The standard InChI is InChI=1S/C12H9Cl2N3O4/c1-2-21-12(18)7(5-15)6-16-11-9(14)3-8(13)4-10(11)17(19)20/h3-4,6,16H,2H2,1H3/b7-6+. The Balaban J connectivity index is 3.16. The van der Waals surface area contributed by atoms with Gasteiger partial charge in [-0.15, -0.1) is 0 Å². The molecule has 0 saturated heterocycles. The molecular weight excluding hydrogens is 321 g/mol. The van der Waals surface area contributed by atoms with Gasteiger partial charge in [0.1, 0.15) is 11.8 Å². The van der Waals surface area contributed by atoms with E-state index in [2.05, 4.69) is 10.1 Å². The number of nitro benzene ring substituents is 1. The van der Waals surface area contributed by atoms with Gasteiger partial charge in [-0.3, -0.25) is 10.1 Å². The van der Waals surface area contributed by atoms with E-state index >= 15 is 0 Å². The zero-order valence-electron chi connectivity index (χ0n) is 10.7. The number of rotatable bonds is 5. The first-order valence-corrected chi connectivity index (χ1v) is 6.33. The lowest BCUT2D eigenvalue weighted by Gasteiger charge is -2.06. The highest BCUT2D eigenvalue weighted by Crippen LogP contribution is 2.35. The molecule has 1 aromatic carbocycles. The highest BCUT2D eigenvalue weighted by atomic mass is 35.5. The number of nitriles is 1. The van der Waals surface area contributed by atoms with E-state index in [1.165, 1.54) is 6.07 Å². The molecule has 9 heteroatoms. The van der Waals surface area contributed by atoms with Crippen LogP contribution in [0.4, 0.5) is 11.4 Å². The summed E-state index contributed by atoms with van der Waals surface area (Å²) in [5.74, 6) is -0.847. The van der Waals surface area contributed by atoms with Gasteiger partial charge in [0.2, 0.25) is 0 Å². The van der Waals surface area contributed by atoms with Gasteiger partial charge in [-0.2, -0.15) is 5.26 Å². The molecule has 0 fully saturated rings. The predicted octanol–water partition coefficient (Wildman–Crippen LogP) is 3.28. The summed E-state index contributed by atoms with van der Waals surface area (Å²) < 4.78 is 4.65. The van der Waals surface area contributed by atoms with Crippen LogP contribution in [0.25, 0.3) is 0 Å². The van der Waals surface area contributed by atoms with Crippen LogP contribution < -0.4 is 5.32 Å². The number of carbonyl (C=O) groups excluding carboxylic acids is 1. The molecule has 0 aromatic heterocycles. The Morgan fingerprint density at radius 1 is 1.57 bits per heavy atom. The van der Waals surface area contributed by atoms with Crippen molar-refractivity contribution in [3.8, 4) is 6.07 Å². The van der Waals surface area contributed by atoms with Crippen molar-refractivity contribution in [2.24, 2.45) is 0 Å². The minimum atomic E-state index is -0.847. The lowest BCUT2D eigenvalue weighted by molar-refractivity contribution is -0.383. The molecule has 0 bridgehead atoms. The molecule has 1 N–H and O–H groups in total. The molecule has 0 unspecified atom stereocenters. The van der Waals surface area contributed by atoms with Gasteiger partial charge >= 0.3 is 5.97 Å². The van der Waals surface area contributed by atoms with Crippen molar-refractivity contribution in [2.45, 2.75) is 6.92 Å². The smallest absolute Gasteiger partial charge is 0.350 e. The number of nitro groups is 1. The van der Waals surface area contributed by atoms with Crippen molar-refractivity contribution in [1.82, 2.24) is 0 Å². The summed E-state index contributed by atoms with van der Waals surface area (Å²) in [6.45, 7) is 1.68. The summed E-state index contributed by atoms with van der Waals surface area (Å²) in [5, 5.41) is 22.3. The molecule has 0 spiro atoms. The fourth-order valence-corrected chi connectivity index (χ4v) is 1.87. The van der Waals surface area contributed by atoms with Gasteiger partial charge in [-0.05, 0) is 13.0 Å². The molecule has 1 aromatic rings. The lowest BCUT2D eigenvalue weighted by atomic mass is 10.2. The highest BCUT2D eigenvalue weighted by Gasteiger charge is 2.19. The zero-order chi connectivity index (χ0) is 16.0. The SMILES string of the molecule is CCOC(=O)/C(C#N)=C/Nc1c(Cl)cc(Cl)cc1[N+](=O)[O-]. The fourth-order valence-electron chi connectivity index (χ4n) is 1.34. The summed E-state index contributed by atoms with van der Waals surface area (Å²) >= 11 is 11.6. The molecule has 0 aliphatic heterocycles. The number of nitrogens with one attached hydrogen (secondary N) is 1. The minimum Gasteiger partial charge on any atom is -0.462 e. The molecule has 0 atom stereocenters. The molecule has 0 aliphatic carbocycles. The van der Waals surface area contributed by atoms with E-state index in [4.69, 9.17) is 28.5 Å². The maximum absolute atomic E-state index is 11.4. The predicted molar refractivity (Wildman–Crippen MR) is 77.1 cm³/mol. The third kappa shape index (κ3) is 4.34. The Labute approximate surface area is 129 Å². The average molecular weight is 330 g/mol. The average Bonchev–Trinajstić information content (AvgIpc) is 2.41. The molecule has 7 nitrogen and oxygen atoms in total. The largest absolute Gasteiger partial charge is 0.462 e. The van der Waals surface area contributed by atoms with Crippen LogP contribution in [0, 0.1) is 21.4 Å². The summed E-state index contributed by atoms with van der Waals surface area (Å²) in [4.78, 5) is 21.7. The second kappa shape index (κ2) is 7.47. The monoisotopic (exact) mass is 329 g/mol. The molecule has 0 saturated carbocycles. The lowest BCUT2D eigenvalue weighted by Crippen LogP contribution is -2.08. The number of hydrogen-bond acceptors (Lipinski definition) is 6. The van der Waals surface area contributed by atoms with E-state index in [1.807, 2.05) is 0 Å². The maximum Gasteiger partial charge on any atom is 0.350 e. The van der Waals surface area contributed by atoms with Gasteiger partial charge in [0.25, 0.3) is 5.69 Å². The third-order valence-corrected chi connectivity index (χ3v) is 2.72. The molecular formula is C12H9Cl2N3O4. The number of esters is 1. The van der Waals surface area contributed by atoms with Crippen LogP contribution in [-0.2, 0) is 9.53 Å². The summed E-state index contributed by atoms with van der Waals surface area (Å²) in [6.07, 6.45) is 0.986. The molecule has 21 heavy (non-hydrogen) atoms. The molecule has 110 valence electrons. The first kappa shape index (κ1) is 16.8. The first-order valence-electron chi connectivity index (χ1n) is 5.58. The van der Waals surface area contributed by atoms with Gasteiger partial charge in [0, 0.05) is 17.3 Å². The number of nitrogens with zero attached hydrogens (tertiary/aromatic N) is 2. The number of anilines is 1. The van der Waals surface area contributed by atoms with Crippen molar-refractivity contribution in [2.75, 3.05) is 11.9 Å². The van der Waals surface area contributed by atoms with Gasteiger partial charge in [-0.1, -0.05) is 23.2 Å². The summed E-state index contributed by atoms with van der Waals surface area (Å²) in [7, 11) is 0. The Hall–Kier alpha value is -2.30. The third-order valence-electron chi connectivity index (χ3n) is 2.21. The Bertz CT molecular complexity index is 653. The number of hydrogen-bond donors (Lipinski definition) is 1. The second-order valence-electron chi connectivity index (χ2n) is 3.57. The van der Waals surface area contributed by atoms with Crippen molar-refractivity contribution in [1.29, 1.82) is 5.26 Å². The van der Waals surface area contributed by atoms with Crippen LogP contribution in [-0.4, -0.2) is 17.5 Å². The fraction of sp³-hybridized carbons (Fsp3) is 0.167. The van der Waals surface area contributed by atoms with E-state index in [0.29, 0.717) is 0 Å². The van der Waals surface area contributed by atoms with Gasteiger partial charge in [0.15, 0.2) is 5.57 Å². The number of halogens is 2. The summed E-state index contributed by atoms with van der Waals surface area (Å²) in [6, 6.07) is 4.01. The number of carbonyl (C=O) groups is 1. The molecule has 0 aliphatic rings. The van der Waals surface area contributed by atoms with Crippen LogP contribution >= 0.6 is 23.2 Å². The van der Waals surface area contributed by atoms with Gasteiger partial charge in [0.05, 0.1) is 16.6 Å². The van der Waals surface area contributed by atoms with Crippen LogP contribution in [0.15, 0.2) is 23.9 Å². The maximum atomic E-state index is 11.4. The van der Waals surface area contributed by atoms with Crippen LogP contribution in [0.5, 0.6) is 0 Å². The van der Waals surface area contributed by atoms with Crippen LogP contribution in [0.1, 0.15) is 6.92 Å². The van der Waals surface area contributed by atoms with Gasteiger partial charge < -0.3 is 10.1 Å². The van der Waals surface area contributed by atoms with Crippen LogP contribution in [0.2, 0.25) is 10.0 Å². The van der Waals surface area contributed by atoms with E-state index in [9.17, 15) is 14.9 Å². The Morgan fingerprint density at radius 3 is 2.76 bits per heavy atom. The van der Waals surface area contributed by atoms with E-state index < -0.39 is 10.9 Å². The van der Waals surface area contributed by atoms with Crippen molar-refractivity contribution >= 4 is 40.5 Å². The molecule has 0 heterocycles. The van der Waals surface area contributed by atoms with E-state index in [0.717, 1.165) is 12.3 Å². The van der Waals surface area contributed by atoms with Gasteiger partial charge in [-0.25, -0.2) is 4.79 Å². The molecule has 0 radical (unpaired) electrons. The summed E-state index contributed by atoms with van der Waals surface area (Å²) in [5.41, 5.74) is -0.815. The van der Waals surface area contributed by atoms with Crippen LogP contribution in [0.3, 0.4) is 0 Å². The zero-order valence-corrected chi connectivity index (χ0v) is 12.2. The number of benzene rings is 1. The Kier molecular flexibility index (Phi) is 5.96. The van der Waals surface area contributed by atoms with Crippen molar-refractivity contribution < 1.29 is 14.5 Å². The molecule has 1 rings (SSSR count). The van der Waals surface area contributed by atoms with E-state index in [1.54, 1.807) is 13.0 Å². The Morgan fingerprint density at radius 2 is 2.24 bits per heavy atom.